The summed E-state index contributed by atoms with van der Waals surface area (Å²) in [5.74, 6) is 0.0796. The lowest BCUT2D eigenvalue weighted by Gasteiger charge is -2.18. The van der Waals surface area contributed by atoms with Gasteiger partial charge in [-0.1, -0.05) is 32.9 Å². The number of amides is 1. The van der Waals surface area contributed by atoms with Crippen molar-refractivity contribution in [2.45, 2.75) is 40.5 Å². The van der Waals surface area contributed by atoms with Gasteiger partial charge in [0.15, 0.2) is 0 Å². The standard InChI is InChI=1S/C16H26N2O/c1-5-17-15(19)12-13-6-8-14(9-7-13)18-11-10-16(2,3)4/h6-9,18H,5,10-12H2,1-4H3,(H,17,19). The first-order chi connectivity index (χ1) is 8.90. The maximum Gasteiger partial charge on any atom is 0.224 e. The van der Waals surface area contributed by atoms with Gasteiger partial charge in [-0.15, -0.1) is 0 Å². The quantitative estimate of drug-likeness (QED) is 0.826. The van der Waals surface area contributed by atoms with Gasteiger partial charge in [-0.05, 0) is 36.5 Å². The van der Waals surface area contributed by atoms with Crippen molar-refractivity contribution in [2.24, 2.45) is 5.41 Å². The molecule has 0 atom stereocenters. The molecule has 1 rings (SSSR count). The van der Waals surface area contributed by atoms with Crippen molar-refractivity contribution in [3.63, 3.8) is 0 Å². The van der Waals surface area contributed by atoms with Crippen LogP contribution in [0.5, 0.6) is 0 Å². The van der Waals surface area contributed by atoms with Gasteiger partial charge in [0.05, 0.1) is 6.42 Å². The molecule has 0 aliphatic carbocycles. The Labute approximate surface area is 116 Å². The molecular weight excluding hydrogens is 236 g/mol. The number of benzene rings is 1. The molecule has 1 aromatic carbocycles. The van der Waals surface area contributed by atoms with Gasteiger partial charge in [-0.25, -0.2) is 0 Å². The van der Waals surface area contributed by atoms with Gasteiger partial charge in [0.1, 0.15) is 0 Å². The van der Waals surface area contributed by atoms with Crippen molar-refractivity contribution in [1.82, 2.24) is 5.32 Å². The molecule has 0 aromatic heterocycles. The molecule has 0 unspecified atom stereocenters. The van der Waals surface area contributed by atoms with Crippen LogP contribution in [0.4, 0.5) is 5.69 Å². The Morgan fingerprint density at radius 3 is 2.32 bits per heavy atom. The van der Waals surface area contributed by atoms with E-state index in [9.17, 15) is 4.79 Å². The van der Waals surface area contributed by atoms with Gasteiger partial charge in [0.25, 0.3) is 0 Å². The number of rotatable bonds is 6. The number of hydrogen-bond donors (Lipinski definition) is 2. The summed E-state index contributed by atoms with van der Waals surface area (Å²) < 4.78 is 0. The molecule has 0 saturated carbocycles. The summed E-state index contributed by atoms with van der Waals surface area (Å²) >= 11 is 0. The SMILES string of the molecule is CCNC(=O)Cc1ccc(NCCC(C)(C)C)cc1. The lowest BCUT2D eigenvalue weighted by molar-refractivity contribution is -0.120. The van der Waals surface area contributed by atoms with E-state index in [1.54, 1.807) is 0 Å². The first-order valence-electron chi connectivity index (χ1n) is 7.00. The first kappa shape index (κ1) is 15.5. The summed E-state index contributed by atoms with van der Waals surface area (Å²) in [6.07, 6.45) is 1.59. The molecular formula is C16H26N2O. The van der Waals surface area contributed by atoms with Crippen molar-refractivity contribution >= 4 is 11.6 Å². The number of nitrogens with one attached hydrogen (secondary N) is 2. The predicted molar refractivity (Wildman–Crippen MR) is 81.4 cm³/mol. The molecule has 1 aromatic rings. The van der Waals surface area contributed by atoms with E-state index in [-0.39, 0.29) is 5.91 Å². The van der Waals surface area contributed by atoms with E-state index in [1.807, 2.05) is 31.2 Å². The van der Waals surface area contributed by atoms with Crippen LogP contribution in [0, 0.1) is 5.41 Å². The zero-order chi connectivity index (χ0) is 14.3. The molecule has 0 fully saturated rings. The average molecular weight is 262 g/mol. The van der Waals surface area contributed by atoms with Gasteiger partial charge in [-0.3, -0.25) is 4.79 Å². The largest absolute Gasteiger partial charge is 0.385 e. The lowest BCUT2D eigenvalue weighted by Crippen LogP contribution is -2.24. The second-order valence-corrected chi connectivity index (χ2v) is 6.06. The van der Waals surface area contributed by atoms with Crippen LogP contribution in [-0.2, 0) is 11.2 Å². The van der Waals surface area contributed by atoms with Gasteiger partial charge in [-0.2, -0.15) is 0 Å². The van der Waals surface area contributed by atoms with E-state index in [2.05, 4.69) is 31.4 Å². The Kier molecular flexibility index (Phi) is 5.87. The average Bonchev–Trinajstić information content (AvgIpc) is 2.30. The minimum Gasteiger partial charge on any atom is -0.385 e. The minimum absolute atomic E-state index is 0.0796. The van der Waals surface area contributed by atoms with Crippen LogP contribution in [0.2, 0.25) is 0 Å². The Bertz CT molecular complexity index is 390. The van der Waals surface area contributed by atoms with Crippen LogP contribution >= 0.6 is 0 Å². The third-order valence-electron chi connectivity index (χ3n) is 2.90. The van der Waals surface area contributed by atoms with E-state index in [1.165, 1.54) is 0 Å². The molecule has 3 heteroatoms. The van der Waals surface area contributed by atoms with Crippen LogP contribution in [0.15, 0.2) is 24.3 Å². The molecule has 106 valence electrons. The molecule has 19 heavy (non-hydrogen) atoms. The monoisotopic (exact) mass is 262 g/mol. The summed E-state index contributed by atoms with van der Waals surface area (Å²) in [7, 11) is 0. The zero-order valence-corrected chi connectivity index (χ0v) is 12.5. The second-order valence-electron chi connectivity index (χ2n) is 6.06. The fraction of sp³-hybridized carbons (Fsp3) is 0.562. The van der Waals surface area contributed by atoms with E-state index in [0.717, 1.165) is 24.2 Å². The zero-order valence-electron chi connectivity index (χ0n) is 12.5. The molecule has 0 aliphatic heterocycles. The highest BCUT2D eigenvalue weighted by atomic mass is 16.1. The first-order valence-corrected chi connectivity index (χ1v) is 7.00. The van der Waals surface area contributed by atoms with Crippen molar-refractivity contribution < 1.29 is 4.79 Å². The van der Waals surface area contributed by atoms with E-state index in [4.69, 9.17) is 0 Å². The third kappa shape index (κ3) is 6.85. The topological polar surface area (TPSA) is 41.1 Å². The highest BCUT2D eigenvalue weighted by Gasteiger charge is 2.09. The maximum absolute atomic E-state index is 11.5. The van der Waals surface area contributed by atoms with E-state index in [0.29, 0.717) is 18.4 Å². The Morgan fingerprint density at radius 2 is 1.79 bits per heavy atom. The number of anilines is 1. The van der Waals surface area contributed by atoms with Gasteiger partial charge in [0.2, 0.25) is 5.91 Å². The molecule has 2 N–H and O–H groups in total. The minimum atomic E-state index is 0.0796. The van der Waals surface area contributed by atoms with Crippen molar-refractivity contribution in [1.29, 1.82) is 0 Å². The number of carbonyl (C=O) groups excluding carboxylic acids is 1. The van der Waals surface area contributed by atoms with Gasteiger partial charge < -0.3 is 10.6 Å². The van der Waals surface area contributed by atoms with Crippen molar-refractivity contribution in [3.8, 4) is 0 Å². The summed E-state index contributed by atoms with van der Waals surface area (Å²) in [4.78, 5) is 11.5. The lowest BCUT2D eigenvalue weighted by atomic mass is 9.92. The molecule has 0 aliphatic rings. The summed E-state index contributed by atoms with van der Waals surface area (Å²) in [5.41, 5.74) is 2.52. The van der Waals surface area contributed by atoms with Gasteiger partial charge in [0, 0.05) is 18.8 Å². The van der Waals surface area contributed by atoms with Crippen LogP contribution in [0.1, 0.15) is 39.7 Å². The number of hydrogen-bond acceptors (Lipinski definition) is 2. The summed E-state index contributed by atoms with van der Waals surface area (Å²) in [6.45, 7) is 10.3. The van der Waals surface area contributed by atoms with Crippen LogP contribution in [-0.4, -0.2) is 19.0 Å². The molecule has 0 radical (unpaired) electrons. The number of carbonyl (C=O) groups is 1. The third-order valence-corrected chi connectivity index (χ3v) is 2.90. The van der Waals surface area contributed by atoms with Crippen molar-refractivity contribution in [3.05, 3.63) is 29.8 Å². The Balaban J connectivity index is 2.41. The van der Waals surface area contributed by atoms with Crippen LogP contribution in [0.3, 0.4) is 0 Å². The molecule has 0 heterocycles. The van der Waals surface area contributed by atoms with E-state index >= 15 is 0 Å². The van der Waals surface area contributed by atoms with E-state index < -0.39 is 0 Å². The van der Waals surface area contributed by atoms with Crippen molar-refractivity contribution in [2.75, 3.05) is 18.4 Å². The van der Waals surface area contributed by atoms with Crippen LogP contribution in [0.25, 0.3) is 0 Å². The Morgan fingerprint density at radius 1 is 1.16 bits per heavy atom. The fourth-order valence-electron chi connectivity index (χ4n) is 1.77. The highest BCUT2D eigenvalue weighted by molar-refractivity contribution is 5.78. The molecule has 0 bridgehead atoms. The Hall–Kier alpha value is -1.51. The molecule has 0 spiro atoms. The maximum atomic E-state index is 11.5. The molecule has 0 saturated heterocycles. The predicted octanol–water partition coefficient (Wildman–Crippen LogP) is 3.21. The second kappa shape index (κ2) is 7.17. The highest BCUT2D eigenvalue weighted by Crippen LogP contribution is 2.18. The smallest absolute Gasteiger partial charge is 0.224 e. The summed E-state index contributed by atoms with van der Waals surface area (Å²) in [6, 6.07) is 8.10. The fourth-order valence-corrected chi connectivity index (χ4v) is 1.77. The molecule has 1 amide bonds. The summed E-state index contributed by atoms with van der Waals surface area (Å²) in [5, 5.41) is 6.21. The van der Waals surface area contributed by atoms with Crippen LogP contribution < -0.4 is 10.6 Å². The van der Waals surface area contributed by atoms with Gasteiger partial charge >= 0.3 is 0 Å². The number of likely N-dealkylation sites (N-methyl/N-ethyl adjacent to an activating group) is 1. The normalized spacial score (nSPS) is 11.2. The molecule has 3 nitrogen and oxygen atoms in total.